The molecule has 260 valence electrons. The summed E-state index contributed by atoms with van der Waals surface area (Å²) in [7, 11) is 0. The highest BCUT2D eigenvalue weighted by atomic mass is 79.9. The topological polar surface area (TPSA) is 138 Å². The quantitative estimate of drug-likeness (QED) is 0.318. The van der Waals surface area contributed by atoms with Gasteiger partial charge in [0.15, 0.2) is 0 Å². The average molecular weight is 730 g/mol. The molecule has 0 aliphatic carbocycles. The lowest BCUT2D eigenvalue weighted by Gasteiger charge is -2.40. The van der Waals surface area contributed by atoms with Crippen LogP contribution in [0.3, 0.4) is 0 Å². The van der Waals surface area contributed by atoms with E-state index in [1.165, 1.54) is 4.90 Å². The molecule has 5 aliphatic rings. The van der Waals surface area contributed by atoms with Crippen LogP contribution in [0.2, 0.25) is 0 Å². The van der Waals surface area contributed by atoms with Crippen LogP contribution in [-0.2, 0) is 33.4 Å². The molecule has 2 N–H and O–H groups in total. The number of rotatable bonds is 7. The molecule has 3 amide bonds. The van der Waals surface area contributed by atoms with Gasteiger partial charge in [-0.2, -0.15) is 0 Å². The number of nitrogens with zero attached hydrogens (tertiary/aromatic N) is 3. The number of cyclic esters (lactones) is 1. The number of hydrogen-bond donors (Lipinski definition) is 2. The van der Waals surface area contributed by atoms with Gasteiger partial charge in [0.1, 0.15) is 29.8 Å². The van der Waals surface area contributed by atoms with E-state index in [4.69, 9.17) is 14.2 Å². The Morgan fingerprint density at radius 3 is 2.50 bits per heavy atom. The SMILES string of the molecule is CC(C)[C@H](CO)N1C(=O)[C@@H]2[C@H]3C(=O)O[C@@H](c4ccccc4)CNC(=O)CC/C=C\CN(CCN4CCOCC4)C(=O)[C@@H]1[C@]21C=C(Br)[C@H]3O1. The van der Waals surface area contributed by atoms with E-state index in [1.54, 1.807) is 11.0 Å². The molecule has 0 radical (unpaired) electrons. The lowest BCUT2D eigenvalue weighted by Crippen LogP contribution is -2.60. The van der Waals surface area contributed by atoms with Gasteiger partial charge in [-0.15, -0.1) is 0 Å². The Kier molecular flexibility index (Phi) is 10.7. The summed E-state index contributed by atoms with van der Waals surface area (Å²) in [4.78, 5) is 62.1. The number of aliphatic hydroxyl groups is 1. The fraction of sp³-hybridized carbons (Fsp3) is 0.600. The van der Waals surface area contributed by atoms with E-state index in [0.717, 1.165) is 13.1 Å². The zero-order valence-electron chi connectivity index (χ0n) is 27.5. The standard InChI is InChI=1S/C35H45BrN4O8/c1-22(2)25(21-41)40-31-33(44)39(14-13-38-15-17-46-18-16-38)12-8-4-7-11-27(42)37-20-26(23-9-5-3-6-10-23)47-34(45)28-29(32(40)43)35(31)19-24(36)30(28)48-35/h3-6,8-10,19,22,25-26,28-31,41H,7,11-18,20-21H2,1-2H3,(H,37,42)/b8-4-/t25-,26+,28+,29-,30+,31+,35-/m0/s1. The number of nitrogens with one attached hydrogen (secondary N) is 1. The van der Waals surface area contributed by atoms with Crippen LogP contribution in [-0.4, -0.2) is 126 Å². The molecule has 3 fully saturated rings. The number of morpholine rings is 1. The molecule has 7 atom stereocenters. The van der Waals surface area contributed by atoms with Gasteiger partial charge in [0.05, 0.1) is 38.3 Å². The Morgan fingerprint density at radius 2 is 1.79 bits per heavy atom. The summed E-state index contributed by atoms with van der Waals surface area (Å²) in [5.41, 5.74) is -0.754. The molecular formula is C35H45BrN4O8. The minimum Gasteiger partial charge on any atom is -0.455 e. The summed E-state index contributed by atoms with van der Waals surface area (Å²) in [6.45, 7) is 7.48. The largest absolute Gasteiger partial charge is 0.455 e. The van der Waals surface area contributed by atoms with Crippen LogP contribution >= 0.6 is 15.9 Å². The minimum absolute atomic E-state index is 0.0554. The van der Waals surface area contributed by atoms with Gasteiger partial charge in [0.2, 0.25) is 17.7 Å². The van der Waals surface area contributed by atoms with E-state index in [2.05, 4.69) is 26.1 Å². The Bertz CT molecular complexity index is 1430. The molecule has 0 saturated carbocycles. The van der Waals surface area contributed by atoms with Crippen LogP contribution < -0.4 is 5.32 Å². The number of likely N-dealkylation sites (tertiary alicyclic amines) is 1. The molecule has 6 rings (SSSR count). The third kappa shape index (κ3) is 6.59. The van der Waals surface area contributed by atoms with Crippen molar-refractivity contribution >= 4 is 39.6 Å². The van der Waals surface area contributed by atoms with Crippen LogP contribution in [0.5, 0.6) is 0 Å². The van der Waals surface area contributed by atoms with Crippen LogP contribution in [0.4, 0.5) is 0 Å². The van der Waals surface area contributed by atoms with E-state index >= 15 is 0 Å². The average Bonchev–Trinajstić information content (AvgIpc) is 3.68. The molecule has 1 aromatic rings. The number of halogens is 1. The predicted octanol–water partition coefficient (Wildman–Crippen LogP) is 1.79. The second kappa shape index (κ2) is 14.8. The van der Waals surface area contributed by atoms with E-state index in [-0.39, 0.29) is 43.8 Å². The van der Waals surface area contributed by atoms with Crippen molar-refractivity contribution in [2.24, 2.45) is 17.8 Å². The monoisotopic (exact) mass is 728 g/mol. The van der Waals surface area contributed by atoms with Gasteiger partial charge in [0.25, 0.3) is 0 Å². The maximum Gasteiger partial charge on any atom is 0.313 e. The van der Waals surface area contributed by atoms with Gasteiger partial charge >= 0.3 is 5.97 Å². The van der Waals surface area contributed by atoms with Crippen molar-refractivity contribution in [1.82, 2.24) is 20.0 Å². The molecule has 5 aliphatic heterocycles. The zero-order chi connectivity index (χ0) is 34.0. The fourth-order valence-corrected chi connectivity index (χ4v) is 8.41. The number of ether oxygens (including phenoxy) is 3. The van der Waals surface area contributed by atoms with Crippen molar-refractivity contribution in [3.8, 4) is 0 Å². The van der Waals surface area contributed by atoms with Gasteiger partial charge in [-0.3, -0.25) is 24.1 Å². The van der Waals surface area contributed by atoms with Crippen LogP contribution in [0.15, 0.2) is 53.0 Å². The van der Waals surface area contributed by atoms with E-state index in [0.29, 0.717) is 42.8 Å². The smallest absolute Gasteiger partial charge is 0.313 e. The summed E-state index contributed by atoms with van der Waals surface area (Å²) >= 11 is 3.60. The van der Waals surface area contributed by atoms with Gasteiger partial charge in [0, 0.05) is 43.6 Å². The Morgan fingerprint density at radius 1 is 1.04 bits per heavy atom. The second-order valence-electron chi connectivity index (χ2n) is 13.5. The number of aliphatic hydroxyl groups excluding tert-OH is 1. The highest BCUT2D eigenvalue weighted by Gasteiger charge is 2.75. The van der Waals surface area contributed by atoms with Crippen LogP contribution in [0.25, 0.3) is 0 Å². The van der Waals surface area contributed by atoms with Gasteiger partial charge in [-0.25, -0.2) is 0 Å². The van der Waals surface area contributed by atoms with Crippen LogP contribution in [0, 0.1) is 17.8 Å². The highest BCUT2D eigenvalue weighted by molar-refractivity contribution is 9.11. The van der Waals surface area contributed by atoms with Gasteiger partial charge < -0.3 is 34.4 Å². The predicted molar refractivity (Wildman–Crippen MR) is 178 cm³/mol. The first-order chi connectivity index (χ1) is 23.2. The molecule has 3 saturated heterocycles. The molecule has 5 heterocycles. The Balaban J connectivity index is 1.41. The summed E-state index contributed by atoms with van der Waals surface area (Å²) in [5.74, 6) is -3.87. The Hall–Kier alpha value is -3.10. The first-order valence-electron chi connectivity index (χ1n) is 16.9. The molecule has 12 nitrogen and oxygen atoms in total. The molecule has 48 heavy (non-hydrogen) atoms. The second-order valence-corrected chi connectivity index (χ2v) is 14.4. The van der Waals surface area contributed by atoms with Gasteiger partial charge in [-0.05, 0) is 24.0 Å². The number of fused-ring (bicyclic) bond motifs is 2. The number of benzene rings is 1. The number of hydrogen-bond acceptors (Lipinski definition) is 9. The first-order valence-corrected chi connectivity index (χ1v) is 17.7. The van der Waals surface area contributed by atoms with E-state index < -0.39 is 53.6 Å². The van der Waals surface area contributed by atoms with Gasteiger partial charge in [-0.1, -0.05) is 72.3 Å². The molecule has 1 aromatic carbocycles. The first kappa shape index (κ1) is 34.8. The molecule has 13 heteroatoms. The fourth-order valence-electron chi connectivity index (χ4n) is 7.68. The van der Waals surface area contributed by atoms with Crippen molar-refractivity contribution in [2.45, 2.75) is 56.6 Å². The van der Waals surface area contributed by atoms with E-state index in [9.17, 15) is 24.3 Å². The molecule has 0 unspecified atom stereocenters. The van der Waals surface area contributed by atoms with Crippen molar-refractivity contribution in [3.63, 3.8) is 0 Å². The van der Waals surface area contributed by atoms with E-state index in [1.807, 2.05) is 56.3 Å². The number of carbonyl (C=O) groups excluding carboxylic acids is 4. The normalized spacial score (nSPS) is 33.0. The number of allylic oxidation sites excluding steroid dienone is 1. The lowest BCUT2D eigenvalue weighted by molar-refractivity contribution is -0.161. The summed E-state index contributed by atoms with van der Waals surface area (Å²) < 4.78 is 18.8. The molecular weight excluding hydrogens is 684 g/mol. The minimum atomic E-state index is -1.45. The zero-order valence-corrected chi connectivity index (χ0v) is 29.0. The number of carbonyl (C=O) groups is 4. The van der Waals surface area contributed by atoms with Crippen molar-refractivity contribution in [3.05, 3.63) is 58.6 Å². The third-order valence-corrected chi connectivity index (χ3v) is 10.9. The maximum atomic E-state index is 14.9. The Labute approximate surface area is 289 Å². The third-order valence-electron chi connectivity index (χ3n) is 10.2. The number of esters is 1. The van der Waals surface area contributed by atoms with Crippen molar-refractivity contribution in [2.75, 3.05) is 59.1 Å². The summed E-state index contributed by atoms with van der Waals surface area (Å²) in [6.07, 6.45) is 4.58. The highest BCUT2D eigenvalue weighted by Crippen LogP contribution is 2.59. The van der Waals surface area contributed by atoms with Crippen molar-refractivity contribution < 1.29 is 38.5 Å². The summed E-state index contributed by atoms with van der Waals surface area (Å²) in [6, 6.07) is 7.34. The summed E-state index contributed by atoms with van der Waals surface area (Å²) in [5, 5.41) is 13.5. The molecule has 1 spiro atoms. The maximum absolute atomic E-state index is 14.9. The lowest BCUT2D eigenvalue weighted by atomic mass is 9.74. The van der Waals surface area contributed by atoms with Crippen LogP contribution in [0.1, 0.15) is 38.4 Å². The number of amides is 3. The molecule has 0 aromatic heterocycles. The van der Waals surface area contributed by atoms with Crippen molar-refractivity contribution in [1.29, 1.82) is 0 Å². The molecule has 5 bridgehead atoms.